The number of likely N-dealkylation sites (N-methyl/N-ethyl adjacent to an activating group) is 1. The van der Waals surface area contributed by atoms with Crippen LogP contribution in [0.1, 0.15) is 33.1 Å². The van der Waals surface area contributed by atoms with Crippen LogP contribution in [0.2, 0.25) is 0 Å². The van der Waals surface area contributed by atoms with Crippen LogP contribution < -0.4 is 5.32 Å². The van der Waals surface area contributed by atoms with Crippen molar-refractivity contribution in [3.05, 3.63) is 11.6 Å². The fourth-order valence-corrected chi connectivity index (χ4v) is 1.57. The van der Waals surface area contributed by atoms with Gasteiger partial charge in [-0.15, -0.1) is 0 Å². The molecule has 70 valence electrons. The molecule has 1 rings (SSSR count). The van der Waals surface area contributed by atoms with E-state index in [1.165, 1.54) is 19.3 Å². The molecule has 0 radical (unpaired) electrons. The lowest BCUT2D eigenvalue weighted by atomic mass is 9.82. The summed E-state index contributed by atoms with van der Waals surface area (Å²) in [5, 5.41) is 3.23. The zero-order valence-corrected chi connectivity index (χ0v) is 8.56. The highest BCUT2D eigenvalue weighted by Crippen LogP contribution is 2.29. The number of hydrogen-bond donors (Lipinski definition) is 1. The monoisotopic (exact) mass is 167 g/mol. The largest absolute Gasteiger partial charge is 0.316 e. The number of allylic oxidation sites excluding steroid dienone is 1. The number of rotatable bonds is 4. The standard InChI is InChI=1S/C11H21N/c1-9(2)11(8-12-3)7-10-5-4-6-10/h7,9-10,12H,4-6,8H2,1-3H3. The summed E-state index contributed by atoms with van der Waals surface area (Å²) in [5.74, 6) is 1.61. The quantitative estimate of drug-likeness (QED) is 0.635. The van der Waals surface area contributed by atoms with Crippen LogP contribution in [0, 0.1) is 11.8 Å². The van der Waals surface area contributed by atoms with Crippen LogP contribution in [0.15, 0.2) is 11.6 Å². The van der Waals surface area contributed by atoms with Crippen LogP contribution >= 0.6 is 0 Å². The number of hydrogen-bond acceptors (Lipinski definition) is 1. The van der Waals surface area contributed by atoms with E-state index in [9.17, 15) is 0 Å². The fourth-order valence-electron chi connectivity index (χ4n) is 1.57. The Balaban J connectivity index is 2.44. The summed E-state index contributed by atoms with van der Waals surface area (Å²) in [7, 11) is 2.02. The van der Waals surface area contributed by atoms with Crippen molar-refractivity contribution in [1.29, 1.82) is 0 Å². The van der Waals surface area contributed by atoms with Crippen LogP contribution in [0.3, 0.4) is 0 Å². The Bertz CT molecular complexity index is 154. The molecule has 0 aromatic carbocycles. The zero-order valence-electron chi connectivity index (χ0n) is 8.56. The molecule has 0 saturated heterocycles. The van der Waals surface area contributed by atoms with Gasteiger partial charge >= 0.3 is 0 Å². The summed E-state index contributed by atoms with van der Waals surface area (Å²) in [4.78, 5) is 0. The Morgan fingerprint density at radius 3 is 2.50 bits per heavy atom. The van der Waals surface area contributed by atoms with Crippen LogP contribution in [0.25, 0.3) is 0 Å². The molecule has 1 nitrogen and oxygen atoms in total. The summed E-state index contributed by atoms with van der Waals surface area (Å²) in [5.41, 5.74) is 1.59. The van der Waals surface area contributed by atoms with E-state index < -0.39 is 0 Å². The van der Waals surface area contributed by atoms with E-state index in [0.29, 0.717) is 5.92 Å². The molecule has 0 atom stereocenters. The molecule has 1 aliphatic carbocycles. The van der Waals surface area contributed by atoms with Crippen LogP contribution in [-0.4, -0.2) is 13.6 Å². The fraction of sp³-hybridized carbons (Fsp3) is 0.818. The van der Waals surface area contributed by atoms with Crippen molar-refractivity contribution < 1.29 is 0 Å². The van der Waals surface area contributed by atoms with E-state index in [4.69, 9.17) is 0 Å². The van der Waals surface area contributed by atoms with Crippen LogP contribution in [0.4, 0.5) is 0 Å². The molecule has 1 heteroatoms. The summed E-state index contributed by atoms with van der Waals surface area (Å²) in [6.45, 7) is 5.62. The van der Waals surface area contributed by atoms with Crippen LogP contribution in [-0.2, 0) is 0 Å². The topological polar surface area (TPSA) is 12.0 Å². The second-order valence-corrected chi connectivity index (χ2v) is 4.12. The molecular weight excluding hydrogens is 146 g/mol. The third-order valence-corrected chi connectivity index (χ3v) is 2.72. The first-order valence-corrected chi connectivity index (χ1v) is 5.09. The van der Waals surface area contributed by atoms with Crippen LogP contribution in [0.5, 0.6) is 0 Å². The second kappa shape index (κ2) is 4.66. The minimum absolute atomic E-state index is 0.707. The van der Waals surface area contributed by atoms with Gasteiger partial charge < -0.3 is 5.32 Å². The third-order valence-electron chi connectivity index (χ3n) is 2.72. The van der Waals surface area contributed by atoms with Gasteiger partial charge in [-0.25, -0.2) is 0 Å². The SMILES string of the molecule is CNCC(=CC1CCC1)C(C)C. The lowest BCUT2D eigenvalue weighted by Crippen LogP contribution is -2.17. The van der Waals surface area contributed by atoms with Crippen molar-refractivity contribution in [2.24, 2.45) is 11.8 Å². The molecule has 0 heterocycles. The predicted molar refractivity (Wildman–Crippen MR) is 54.2 cm³/mol. The molecule has 0 aliphatic heterocycles. The lowest BCUT2D eigenvalue weighted by Gasteiger charge is -2.24. The Labute approximate surface area is 76.2 Å². The Kier molecular flexibility index (Phi) is 3.80. The Morgan fingerprint density at radius 2 is 2.17 bits per heavy atom. The summed E-state index contributed by atoms with van der Waals surface area (Å²) >= 11 is 0. The molecular formula is C11H21N. The van der Waals surface area contributed by atoms with Gasteiger partial charge in [-0.05, 0) is 31.7 Å². The van der Waals surface area contributed by atoms with Gasteiger partial charge in [0.15, 0.2) is 0 Å². The van der Waals surface area contributed by atoms with E-state index in [1.807, 2.05) is 7.05 Å². The number of nitrogens with one attached hydrogen (secondary N) is 1. The normalized spacial score (nSPS) is 19.8. The van der Waals surface area contributed by atoms with Crippen molar-refractivity contribution in [2.45, 2.75) is 33.1 Å². The summed E-state index contributed by atoms with van der Waals surface area (Å²) in [6, 6.07) is 0. The van der Waals surface area contributed by atoms with E-state index >= 15 is 0 Å². The highest BCUT2D eigenvalue weighted by atomic mass is 14.8. The first kappa shape index (κ1) is 9.79. The smallest absolute Gasteiger partial charge is 0.0164 e. The molecule has 0 aromatic rings. The minimum Gasteiger partial charge on any atom is -0.316 e. The van der Waals surface area contributed by atoms with Crippen molar-refractivity contribution >= 4 is 0 Å². The third kappa shape index (κ3) is 2.63. The summed E-state index contributed by atoms with van der Waals surface area (Å²) in [6.07, 6.45) is 6.76. The molecule has 1 aliphatic rings. The van der Waals surface area contributed by atoms with Crippen molar-refractivity contribution in [3.63, 3.8) is 0 Å². The van der Waals surface area contributed by atoms with Crippen molar-refractivity contribution in [3.8, 4) is 0 Å². The first-order valence-electron chi connectivity index (χ1n) is 5.09. The van der Waals surface area contributed by atoms with Gasteiger partial charge in [0, 0.05) is 6.54 Å². The maximum Gasteiger partial charge on any atom is 0.0164 e. The molecule has 12 heavy (non-hydrogen) atoms. The molecule has 1 fully saturated rings. The zero-order chi connectivity index (χ0) is 8.97. The van der Waals surface area contributed by atoms with Gasteiger partial charge in [0.25, 0.3) is 0 Å². The van der Waals surface area contributed by atoms with E-state index in [1.54, 1.807) is 5.57 Å². The first-order chi connectivity index (χ1) is 5.74. The minimum atomic E-state index is 0.707. The molecule has 1 N–H and O–H groups in total. The van der Waals surface area contributed by atoms with Crippen molar-refractivity contribution in [2.75, 3.05) is 13.6 Å². The van der Waals surface area contributed by atoms with Gasteiger partial charge in [0.05, 0.1) is 0 Å². The molecule has 0 spiro atoms. The van der Waals surface area contributed by atoms with E-state index in [-0.39, 0.29) is 0 Å². The van der Waals surface area contributed by atoms with Gasteiger partial charge in [0.1, 0.15) is 0 Å². The van der Waals surface area contributed by atoms with Crippen molar-refractivity contribution in [1.82, 2.24) is 5.32 Å². The average molecular weight is 167 g/mol. The van der Waals surface area contributed by atoms with Gasteiger partial charge in [-0.1, -0.05) is 31.9 Å². The highest BCUT2D eigenvalue weighted by Gasteiger charge is 2.16. The molecule has 0 amide bonds. The summed E-state index contributed by atoms with van der Waals surface area (Å²) < 4.78 is 0. The second-order valence-electron chi connectivity index (χ2n) is 4.12. The maximum atomic E-state index is 3.23. The molecule has 0 bridgehead atoms. The maximum absolute atomic E-state index is 3.23. The highest BCUT2D eigenvalue weighted by molar-refractivity contribution is 5.10. The Morgan fingerprint density at radius 1 is 1.50 bits per heavy atom. The predicted octanol–water partition coefficient (Wildman–Crippen LogP) is 2.59. The molecule has 1 saturated carbocycles. The lowest BCUT2D eigenvalue weighted by molar-refractivity contribution is 0.383. The van der Waals surface area contributed by atoms with Gasteiger partial charge in [-0.3, -0.25) is 0 Å². The van der Waals surface area contributed by atoms with Gasteiger partial charge in [-0.2, -0.15) is 0 Å². The average Bonchev–Trinajstić information content (AvgIpc) is 1.93. The van der Waals surface area contributed by atoms with E-state index in [2.05, 4.69) is 25.2 Å². The molecule has 0 aromatic heterocycles. The molecule has 0 unspecified atom stereocenters. The van der Waals surface area contributed by atoms with E-state index in [0.717, 1.165) is 12.5 Å². The Hall–Kier alpha value is -0.300. The van der Waals surface area contributed by atoms with Gasteiger partial charge in [0.2, 0.25) is 0 Å².